The van der Waals surface area contributed by atoms with Gasteiger partial charge in [-0.15, -0.1) is 0 Å². The van der Waals surface area contributed by atoms with Crippen LogP contribution in [0.5, 0.6) is 0 Å². The van der Waals surface area contributed by atoms with E-state index >= 15 is 0 Å². The van der Waals surface area contributed by atoms with Crippen molar-refractivity contribution in [3.05, 3.63) is 69.3 Å². The first-order valence-electron chi connectivity index (χ1n) is 10.6. The fourth-order valence-electron chi connectivity index (χ4n) is 3.67. The van der Waals surface area contributed by atoms with E-state index in [2.05, 4.69) is 5.32 Å². The molecule has 3 N–H and O–H groups in total. The third kappa shape index (κ3) is 5.98. The van der Waals surface area contributed by atoms with Crippen LogP contribution in [0.3, 0.4) is 0 Å². The molecule has 1 atom stereocenters. The van der Waals surface area contributed by atoms with Crippen molar-refractivity contribution < 1.29 is 27.9 Å². The number of aromatic carboxylic acids is 1. The van der Waals surface area contributed by atoms with Crippen LogP contribution in [0.4, 0.5) is 0 Å². The number of rotatable bonds is 9. The minimum Gasteiger partial charge on any atom is -0.478 e. The molecule has 0 fully saturated rings. The van der Waals surface area contributed by atoms with Crippen molar-refractivity contribution >= 4 is 62.1 Å². The molecule has 10 nitrogen and oxygen atoms in total. The number of hydrogen-bond acceptors (Lipinski definition) is 5. The number of benzene rings is 2. The van der Waals surface area contributed by atoms with Crippen molar-refractivity contribution in [2.24, 2.45) is 7.05 Å². The summed E-state index contributed by atoms with van der Waals surface area (Å²) < 4.78 is 29.0. The van der Waals surface area contributed by atoms with E-state index < -0.39 is 34.0 Å². The molecule has 36 heavy (non-hydrogen) atoms. The summed E-state index contributed by atoms with van der Waals surface area (Å²) in [5, 5.41) is 13.3. The number of amides is 2. The maximum atomic E-state index is 13.3. The van der Waals surface area contributed by atoms with Gasteiger partial charge < -0.3 is 15.0 Å². The highest BCUT2D eigenvalue weighted by Crippen LogP contribution is 2.32. The predicted molar refractivity (Wildman–Crippen MR) is 137 cm³/mol. The molecule has 2 amide bonds. The Hall–Kier alpha value is -3.12. The zero-order valence-electron chi connectivity index (χ0n) is 19.6. The SMILES string of the molecule is CC(=O)NS(=O)(=O)N(C)CCC(NC(=O)c1cc2c(Cl)c(Cl)ccc2n1C)c1ccc(C(=O)O)cc1. The number of hydrogen-bond donors (Lipinski definition) is 3. The van der Waals surface area contributed by atoms with Crippen LogP contribution in [-0.4, -0.2) is 53.8 Å². The number of carbonyl (C=O) groups excluding carboxylic acids is 2. The number of halogens is 2. The Balaban J connectivity index is 1.90. The Kier molecular flexibility index (Phi) is 8.29. The molecule has 3 aromatic rings. The van der Waals surface area contributed by atoms with Gasteiger partial charge >= 0.3 is 16.2 Å². The van der Waals surface area contributed by atoms with E-state index in [0.717, 1.165) is 11.2 Å². The van der Waals surface area contributed by atoms with E-state index in [9.17, 15) is 27.9 Å². The number of carboxylic acids is 1. The van der Waals surface area contributed by atoms with E-state index in [0.29, 0.717) is 32.2 Å². The van der Waals surface area contributed by atoms with E-state index in [1.807, 2.05) is 4.72 Å². The van der Waals surface area contributed by atoms with Gasteiger partial charge in [0.05, 0.1) is 21.7 Å². The highest BCUT2D eigenvalue weighted by Gasteiger charge is 2.24. The lowest BCUT2D eigenvalue weighted by atomic mass is 10.0. The summed E-state index contributed by atoms with van der Waals surface area (Å²) >= 11 is 12.4. The monoisotopic (exact) mass is 554 g/mol. The van der Waals surface area contributed by atoms with Gasteiger partial charge in [0.2, 0.25) is 5.91 Å². The number of carbonyl (C=O) groups is 3. The maximum Gasteiger partial charge on any atom is 0.335 e. The summed E-state index contributed by atoms with van der Waals surface area (Å²) in [6.45, 7) is 1.03. The van der Waals surface area contributed by atoms with Crippen molar-refractivity contribution in [1.29, 1.82) is 0 Å². The third-order valence-electron chi connectivity index (χ3n) is 5.63. The molecule has 0 aliphatic heterocycles. The summed E-state index contributed by atoms with van der Waals surface area (Å²) in [7, 11) is -1.06. The van der Waals surface area contributed by atoms with Crippen molar-refractivity contribution in [2.45, 2.75) is 19.4 Å². The highest BCUT2D eigenvalue weighted by atomic mass is 35.5. The molecule has 0 aliphatic rings. The maximum absolute atomic E-state index is 13.3. The molecule has 0 saturated heterocycles. The van der Waals surface area contributed by atoms with Gasteiger partial charge in [-0.2, -0.15) is 12.7 Å². The van der Waals surface area contributed by atoms with E-state index in [1.54, 1.807) is 41.9 Å². The largest absolute Gasteiger partial charge is 0.478 e. The Bertz CT molecular complexity index is 1440. The van der Waals surface area contributed by atoms with Crippen molar-refractivity contribution in [2.75, 3.05) is 13.6 Å². The molecule has 0 bridgehead atoms. The minimum atomic E-state index is -4.06. The number of nitrogens with one attached hydrogen (secondary N) is 2. The molecule has 192 valence electrons. The Labute approximate surface area is 218 Å². The predicted octanol–water partition coefficient (Wildman–Crippen LogP) is 3.36. The molecule has 1 aromatic heterocycles. The van der Waals surface area contributed by atoms with Gasteiger partial charge in [-0.05, 0) is 42.3 Å². The van der Waals surface area contributed by atoms with Crippen LogP contribution in [0.1, 0.15) is 45.8 Å². The molecule has 2 aromatic carbocycles. The smallest absolute Gasteiger partial charge is 0.335 e. The number of nitrogens with zero attached hydrogens (tertiary/aromatic N) is 2. The Morgan fingerprint density at radius 1 is 1.11 bits per heavy atom. The van der Waals surface area contributed by atoms with Crippen LogP contribution in [-0.2, 0) is 22.1 Å². The van der Waals surface area contributed by atoms with Gasteiger partial charge in [0.15, 0.2) is 0 Å². The molecule has 0 spiro atoms. The molecule has 3 rings (SSSR count). The first kappa shape index (κ1) is 27.5. The van der Waals surface area contributed by atoms with Crippen LogP contribution in [0.15, 0.2) is 42.5 Å². The lowest BCUT2D eigenvalue weighted by molar-refractivity contribution is -0.117. The van der Waals surface area contributed by atoms with Crippen LogP contribution < -0.4 is 10.0 Å². The van der Waals surface area contributed by atoms with Gasteiger partial charge in [0.25, 0.3) is 5.91 Å². The normalized spacial score (nSPS) is 12.5. The van der Waals surface area contributed by atoms with E-state index in [4.69, 9.17) is 23.2 Å². The lowest BCUT2D eigenvalue weighted by Gasteiger charge is -2.23. The second-order valence-electron chi connectivity index (χ2n) is 8.11. The molecule has 1 unspecified atom stereocenters. The van der Waals surface area contributed by atoms with Gasteiger partial charge in [0.1, 0.15) is 5.69 Å². The molecular weight excluding hydrogens is 531 g/mol. The fraction of sp³-hybridized carbons (Fsp3) is 0.261. The summed E-state index contributed by atoms with van der Waals surface area (Å²) in [6, 6.07) is 10.2. The summed E-state index contributed by atoms with van der Waals surface area (Å²) in [5.41, 5.74) is 1.62. The van der Waals surface area contributed by atoms with Gasteiger partial charge in [-0.3, -0.25) is 9.59 Å². The van der Waals surface area contributed by atoms with Crippen LogP contribution >= 0.6 is 23.2 Å². The summed E-state index contributed by atoms with van der Waals surface area (Å²) in [5.74, 6) is -2.29. The summed E-state index contributed by atoms with van der Waals surface area (Å²) in [6.07, 6.45) is 0.129. The van der Waals surface area contributed by atoms with Crippen molar-refractivity contribution in [3.63, 3.8) is 0 Å². The number of fused-ring (bicyclic) bond motifs is 1. The third-order valence-corrected chi connectivity index (χ3v) is 7.99. The van der Waals surface area contributed by atoms with Crippen LogP contribution in [0.25, 0.3) is 10.9 Å². The van der Waals surface area contributed by atoms with Crippen LogP contribution in [0, 0.1) is 0 Å². The van der Waals surface area contributed by atoms with E-state index in [-0.39, 0.29) is 18.5 Å². The highest BCUT2D eigenvalue weighted by molar-refractivity contribution is 7.87. The van der Waals surface area contributed by atoms with Gasteiger partial charge in [-0.1, -0.05) is 35.3 Å². The van der Waals surface area contributed by atoms with Crippen LogP contribution in [0.2, 0.25) is 10.0 Å². The van der Waals surface area contributed by atoms with Gasteiger partial charge in [0, 0.05) is 38.5 Å². The van der Waals surface area contributed by atoms with Crippen molar-refractivity contribution in [1.82, 2.24) is 18.9 Å². The average molecular weight is 555 g/mol. The first-order valence-corrected chi connectivity index (χ1v) is 12.8. The second-order valence-corrected chi connectivity index (χ2v) is 10.7. The molecule has 0 radical (unpaired) electrons. The van der Waals surface area contributed by atoms with E-state index in [1.165, 1.54) is 19.2 Å². The molecule has 1 heterocycles. The fourth-order valence-corrected chi connectivity index (χ4v) is 4.91. The minimum absolute atomic E-state index is 0.0508. The topological polar surface area (TPSA) is 138 Å². The zero-order chi connectivity index (χ0) is 26.8. The molecule has 0 aliphatic carbocycles. The first-order chi connectivity index (χ1) is 16.8. The zero-order valence-corrected chi connectivity index (χ0v) is 21.9. The number of aromatic nitrogens is 1. The number of aryl methyl sites for hydroxylation is 1. The number of carboxylic acid groups (broad SMARTS) is 1. The standard InChI is InChI=1S/C23H24Cl2N4O6S/c1-13(30)27-36(34,35)28(2)11-10-18(14-4-6-15(7-5-14)23(32)33)26-22(31)20-12-16-19(29(20)3)9-8-17(24)21(16)25/h4-9,12,18H,10-11H2,1-3H3,(H,26,31)(H,27,30)(H,32,33). The Morgan fingerprint density at radius 2 is 1.75 bits per heavy atom. The quantitative estimate of drug-likeness (QED) is 0.370. The summed E-state index contributed by atoms with van der Waals surface area (Å²) in [4.78, 5) is 35.7. The van der Waals surface area contributed by atoms with Crippen molar-refractivity contribution in [3.8, 4) is 0 Å². The Morgan fingerprint density at radius 3 is 2.33 bits per heavy atom. The molecular formula is C23H24Cl2N4O6S. The molecule has 13 heteroatoms. The second kappa shape index (κ2) is 10.9. The van der Waals surface area contributed by atoms with Gasteiger partial charge in [-0.25, -0.2) is 9.52 Å². The lowest BCUT2D eigenvalue weighted by Crippen LogP contribution is -2.42. The molecule has 0 saturated carbocycles. The average Bonchev–Trinajstić information content (AvgIpc) is 3.15.